The van der Waals surface area contributed by atoms with Crippen molar-refractivity contribution in [3.8, 4) is 6.07 Å². The van der Waals surface area contributed by atoms with Gasteiger partial charge in [0, 0.05) is 24.7 Å². The molecule has 3 nitrogen and oxygen atoms in total. The fraction of sp³-hybridized carbons (Fsp3) is 0.375. The lowest BCUT2D eigenvalue weighted by molar-refractivity contribution is 0.619. The lowest BCUT2D eigenvalue weighted by atomic mass is 10.1. The van der Waals surface area contributed by atoms with E-state index in [9.17, 15) is 5.26 Å². The van der Waals surface area contributed by atoms with Crippen molar-refractivity contribution in [2.75, 3.05) is 18.0 Å². The zero-order chi connectivity index (χ0) is 13.8. The van der Waals surface area contributed by atoms with Gasteiger partial charge in [-0.15, -0.1) is 0 Å². The highest BCUT2D eigenvalue weighted by atomic mass is 15.1. The van der Waals surface area contributed by atoms with Crippen LogP contribution in [0.3, 0.4) is 0 Å². The van der Waals surface area contributed by atoms with E-state index in [1.807, 2.05) is 24.3 Å². The number of pyridine rings is 1. The number of para-hydroxylation sites is 1. The molecule has 19 heavy (non-hydrogen) atoms. The summed E-state index contributed by atoms with van der Waals surface area (Å²) in [5, 5.41) is 10.4. The van der Waals surface area contributed by atoms with Crippen molar-refractivity contribution in [3.05, 3.63) is 36.0 Å². The molecule has 3 heteroatoms. The fourth-order valence-corrected chi connectivity index (χ4v) is 2.37. The number of benzene rings is 1. The molecule has 2 aromatic rings. The van der Waals surface area contributed by atoms with E-state index in [4.69, 9.17) is 0 Å². The molecule has 0 aliphatic heterocycles. The molecular formula is C16H19N3. The molecule has 0 saturated heterocycles. The van der Waals surface area contributed by atoms with E-state index in [2.05, 4.69) is 36.7 Å². The molecule has 0 aliphatic rings. The Bertz CT molecular complexity index is 611. The number of aromatic nitrogens is 1. The zero-order valence-electron chi connectivity index (χ0n) is 11.7. The molecule has 0 N–H and O–H groups in total. The van der Waals surface area contributed by atoms with Crippen LogP contribution in [0.5, 0.6) is 0 Å². The quantitative estimate of drug-likeness (QED) is 0.836. The summed E-state index contributed by atoms with van der Waals surface area (Å²) in [7, 11) is 0. The van der Waals surface area contributed by atoms with Crippen molar-refractivity contribution in [3.63, 3.8) is 0 Å². The minimum absolute atomic E-state index is 0.554. The minimum atomic E-state index is 0.554. The third-order valence-electron chi connectivity index (χ3n) is 3.15. The van der Waals surface area contributed by atoms with E-state index in [-0.39, 0.29) is 0 Å². The van der Waals surface area contributed by atoms with Crippen LogP contribution >= 0.6 is 0 Å². The molecule has 0 saturated carbocycles. The smallest absolute Gasteiger partial charge is 0.103 e. The average Bonchev–Trinajstić information content (AvgIpc) is 2.43. The Labute approximate surface area is 114 Å². The molecular weight excluding hydrogens is 234 g/mol. The summed E-state index contributed by atoms with van der Waals surface area (Å²) in [6, 6.07) is 10.3. The first-order chi connectivity index (χ1) is 9.17. The Hall–Kier alpha value is -2.08. The van der Waals surface area contributed by atoms with Crippen LogP contribution in [-0.2, 0) is 0 Å². The molecule has 1 aromatic carbocycles. The highest BCUT2D eigenvalue weighted by molar-refractivity contribution is 5.94. The van der Waals surface area contributed by atoms with Crippen LogP contribution in [0.4, 0.5) is 5.69 Å². The lowest BCUT2D eigenvalue weighted by Crippen LogP contribution is -2.28. The summed E-state index contributed by atoms with van der Waals surface area (Å²) in [5.41, 5.74) is 2.62. The topological polar surface area (TPSA) is 39.9 Å². The maximum Gasteiger partial charge on any atom is 0.103 e. The molecule has 0 amide bonds. The van der Waals surface area contributed by atoms with Crippen LogP contribution in [0.15, 0.2) is 30.5 Å². The Morgan fingerprint density at radius 2 is 2.05 bits per heavy atom. The van der Waals surface area contributed by atoms with E-state index in [0.29, 0.717) is 11.5 Å². The van der Waals surface area contributed by atoms with Gasteiger partial charge in [0.2, 0.25) is 0 Å². The first kappa shape index (κ1) is 13.4. The Morgan fingerprint density at radius 3 is 2.68 bits per heavy atom. The second-order valence-corrected chi connectivity index (χ2v) is 5.08. The summed E-state index contributed by atoms with van der Waals surface area (Å²) in [6.07, 6.45) is 1.68. The van der Waals surface area contributed by atoms with Crippen LogP contribution in [0.1, 0.15) is 26.3 Å². The standard InChI is InChI=1S/C16H19N3/c1-4-19(11-12(2)3)16-13(9-17)10-18-15-8-6-5-7-14(15)16/h5-8,10,12H,4,11H2,1-3H3. The molecule has 0 spiro atoms. The molecule has 1 heterocycles. The molecule has 0 unspecified atom stereocenters. The second kappa shape index (κ2) is 5.71. The molecule has 0 fully saturated rings. The summed E-state index contributed by atoms with van der Waals surface area (Å²) in [5.74, 6) is 0.554. The number of nitrogens with zero attached hydrogens (tertiary/aromatic N) is 3. The highest BCUT2D eigenvalue weighted by Gasteiger charge is 2.15. The normalized spacial score (nSPS) is 10.7. The van der Waals surface area contributed by atoms with Gasteiger partial charge in [-0.1, -0.05) is 32.0 Å². The summed E-state index contributed by atoms with van der Waals surface area (Å²) >= 11 is 0. The molecule has 0 radical (unpaired) electrons. The van der Waals surface area contributed by atoms with Gasteiger partial charge in [0.1, 0.15) is 6.07 Å². The van der Waals surface area contributed by atoms with Gasteiger partial charge in [-0.2, -0.15) is 5.26 Å². The van der Waals surface area contributed by atoms with Crippen LogP contribution in [-0.4, -0.2) is 18.1 Å². The minimum Gasteiger partial charge on any atom is -0.370 e. The van der Waals surface area contributed by atoms with Gasteiger partial charge in [0.15, 0.2) is 0 Å². The van der Waals surface area contributed by atoms with Crippen LogP contribution in [0.25, 0.3) is 10.9 Å². The number of hydrogen-bond donors (Lipinski definition) is 0. The summed E-state index contributed by atoms with van der Waals surface area (Å²) in [4.78, 5) is 6.63. The number of fused-ring (bicyclic) bond motifs is 1. The number of nitriles is 1. The van der Waals surface area contributed by atoms with Gasteiger partial charge in [-0.3, -0.25) is 4.98 Å². The van der Waals surface area contributed by atoms with E-state index in [1.54, 1.807) is 6.20 Å². The largest absolute Gasteiger partial charge is 0.370 e. The lowest BCUT2D eigenvalue weighted by Gasteiger charge is -2.27. The Kier molecular flexibility index (Phi) is 4.01. The first-order valence-electron chi connectivity index (χ1n) is 6.70. The van der Waals surface area contributed by atoms with Crippen molar-refractivity contribution in [1.29, 1.82) is 5.26 Å². The molecule has 0 bridgehead atoms. The van der Waals surface area contributed by atoms with Crippen molar-refractivity contribution in [1.82, 2.24) is 4.98 Å². The van der Waals surface area contributed by atoms with Crippen molar-refractivity contribution >= 4 is 16.6 Å². The highest BCUT2D eigenvalue weighted by Crippen LogP contribution is 2.29. The van der Waals surface area contributed by atoms with E-state index in [1.165, 1.54) is 0 Å². The first-order valence-corrected chi connectivity index (χ1v) is 6.70. The maximum absolute atomic E-state index is 9.34. The molecule has 1 aromatic heterocycles. The van der Waals surface area contributed by atoms with E-state index < -0.39 is 0 Å². The van der Waals surface area contributed by atoms with E-state index >= 15 is 0 Å². The maximum atomic E-state index is 9.34. The predicted molar refractivity (Wildman–Crippen MR) is 79.2 cm³/mol. The van der Waals surface area contributed by atoms with Gasteiger partial charge in [-0.05, 0) is 18.9 Å². The Morgan fingerprint density at radius 1 is 1.32 bits per heavy atom. The van der Waals surface area contributed by atoms with E-state index in [0.717, 1.165) is 29.7 Å². The summed E-state index contributed by atoms with van der Waals surface area (Å²) in [6.45, 7) is 8.34. The third-order valence-corrected chi connectivity index (χ3v) is 3.15. The summed E-state index contributed by atoms with van der Waals surface area (Å²) < 4.78 is 0. The van der Waals surface area contributed by atoms with Gasteiger partial charge in [0.25, 0.3) is 0 Å². The van der Waals surface area contributed by atoms with Crippen LogP contribution in [0.2, 0.25) is 0 Å². The van der Waals surface area contributed by atoms with Crippen molar-refractivity contribution in [2.45, 2.75) is 20.8 Å². The third kappa shape index (κ3) is 2.68. The Balaban J connectivity index is 2.64. The fourth-order valence-electron chi connectivity index (χ4n) is 2.37. The SMILES string of the molecule is CCN(CC(C)C)c1c(C#N)cnc2ccccc12. The van der Waals surface area contributed by atoms with Crippen LogP contribution < -0.4 is 4.90 Å². The van der Waals surface area contributed by atoms with Gasteiger partial charge < -0.3 is 4.90 Å². The number of hydrogen-bond acceptors (Lipinski definition) is 3. The van der Waals surface area contributed by atoms with Crippen molar-refractivity contribution < 1.29 is 0 Å². The monoisotopic (exact) mass is 253 g/mol. The van der Waals surface area contributed by atoms with Gasteiger partial charge >= 0.3 is 0 Å². The molecule has 98 valence electrons. The van der Waals surface area contributed by atoms with Gasteiger partial charge in [-0.25, -0.2) is 0 Å². The number of anilines is 1. The molecule has 0 aliphatic carbocycles. The zero-order valence-corrected chi connectivity index (χ0v) is 11.7. The molecule has 2 rings (SSSR count). The van der Waals surface area contributed by atoms with Gasteiger partial charge in [0.05, 0.1) is 16.8 Å². The predicted octanol–water partition coefficient (Wildman–Crippen LogP) is 3.59. The van der Waals surface area contributed by atoms with Crippen LogP contribution in [0, 0.1) is 17.2 Å². The second-order valence-electron chi connectivity index (χ2n) is 5.08. The number of rotatable bonds is 4. The average molecular weight is 253 g/mol. The van der Waals surface area contributed by atoms with Crippen molar-refractivity contribution in [2.24, 2.45) is 5.92 Å². The molecule has 0 atom stereocenters.